The minimum atomic E-state index is -0.476. The van der Waals surface area contributed by atoms with Gasteiger partial charge in [-0.3, -0.25) is 0 Å². The average Bonchev–Trinajstić information content (AvgIpc) is 2.38. The van der Waals surface area contributed by atoms with E-state index in [0.717, 1.165) is 0 Å². The minimum absolute atomic E-state index is 0.139. The summed E-state index contributed by atoms with van der Waals surface area (Å²) in [7, 11) is 1.31. The molecule has 0 fully saturated rings. The molecule has 1 unspecified atom stereocenters. The summed E-state index contributed by atoms with van der Waals surface area (Å²) in [5.41, 5.74) is 6.46. The quantitative estimate of drug-likeness (QED) is 0.619. The molecule has 5 nitrogen and oxygen atoms in total. The van der Waals surface area contributed by atoms with E-state index >= 15 is 0 Å². The molecule has 0 heterocycles. The smallest absolute Gasteiger partial charge is 0.340 e. The van der Waals surface area contributed by atoms with Crippen molar-refractivity contribution in [2.75, 3.05) is 26.1 Å². The third kappa shape index (κ3) is 3.63. The van der Waals surface area contributed by atoms with Gasteiger partial charge in [-0.2, -0.15) is 0 Å². The number of nitrogens with two attached hydrogens (primary N) is 1. The lowest BCUT2D eigenvalue weighted by atomic mass is 10.1. The molecular formula is C13H19NO4. The van der Waals surface area contributed by atoms with Crippen LogP contribution in [0.3, 0.4) is 0 Å². The van der Waals surface area contributed by atoms with E-state index in [0.29, 0.717) is 24.5 Å². The van der Waals surface area contributed by atoms with Crippen molar-refractivity contribution < 1.29 is 19.0 Å². The van der Waals surface area contributed by atoms with Gasteiger partial charge in [0, 0.05) is 6.61 Å². The van der Waals surface area contributed by atoms with Crippen molar-refractivity contribution in [1.82, 2.24) is 0 Å². The van der Waals surface area contributed by atoms with Gasteiger partial charge in [0.15, 0.2) is 0 Å². The number of carbonyl (C=O) groups is 1. The Hall–Kier alpha value is -1.75. The Morgan fingerprint density at radius 3 is 2.78 bits per heavy atom. The molecule has 0 bridgehead atoms. The number of anilines is 1. The summed E-state index contributed by atoms with van der Waals surface area (Å²) in [6, 6.07) is 5.01. The Labute approximate surface area is 107 Å². The zero-order valence-corrected chi connectivity index (χ0v) is 10.9. The van der Waals surface area contributed by atoms with Gasteiger partial charge in [-0.25, -0.2) is 4.79 Å². The molecule has 100 valence electrons. The van der Waals surface area contributed by atoms with E-state index < -0.39 is 5.97 Å². The molecule has 0 aliphatic rings. The van der Waals surface area contributed by atoms with Gasteiger partial charge in [-0.1, -0.05) is 6.07 Å². The Balaban J connectivity index is 2.80. The molecule has 18 heavy (non-hydrogen) atoms. The summed E-state index contributed by atoms with van der Waals surface area (Å²) in [5.74, 6) is -0.0134. The molecule has 0 spiro atoms. The second-order valence-electron chi connectivity index (χ2n) is 3.80. The fourth-order valence-electron chi connectivity index (χ4n) is 1.47. The number of para-hydroxylation sites is 1. The van der Waals surface area contributed by atoms with Crippen LogP contribution in [0.5, 0.6) is 5.75 Å². The van der Waals surface area contributed by atoms with Crippen molar-refractivity contribution in [3.8, 4) is 5.75 Å². The highest BCUT2D eigenvalue weighted by molar-refractivity contribution is 5.96. The number of hydrogen-bond donors (Lipinski definition) is 1. The Morgan fingerprint density at radius 2 is 2.17 bits per heavy atom. The molecule has 5 heteroatoms. The first-order valence-electron chi connectivity index (χ1n) is 5.81. The molecule has 0 aliphatic carbocycles. The third-order valence-corrected chi connectivity index (χ3v) is 2.36. The second-order valence-corrected chi connectivity index (χ2v) is 3.80. The highest BCUT2D eigenvalue weighted by atomic mass is 16.5. The van der Waals surface area contributed by atoms with Gasteiger partial charge < -0.3 is 19.9 Å². The molecule has 0 radical (unpaired) electrons. The third-order valence-electron chi connectivity index (χ3n) is 2.36. The van der Waals surface area contributed by atoms with E-state index in [2.05, 4.69) is 4.74 Å². The standard InChI is InChI=1S/C13H19NO4/c1-4-17-8-9(2)18-11-7-5-6-10(12(11)14)13(15)16-3/h5-7,9H,4,8,14H2,1-3H3. The van der Waals surface area contributed by atoms with E-state index in [-0.39, 0.29) is 11.8 Å². The minimum Gasteiger partial charge on any atom is -0.486 e. The number of benzene rings is 1. The normalized spacial score (nSPS) is 11.9. The van der Waals surface area contributed by atoms with Crippen molar-refractivity contribution in [3.63, 3.8) is 0 Å². The molecule has 0 amide bonds. The maximum absolute atomic E-state index is 11.5. The van der Waals surface area contributed by atoms with Gasteiger partial charge in [-0.15, -0.1) is 0 Å². The highest BCUT2D eigenvalue weighted by Crippen LogP contribution is 2.26. The van der Waals surface area contributed by atoms with Crippen molar-refractivity contribution in [2.45, 2.75) is 20.0 Å². The van der Waals surface area contributed by atoms with E-state index in [1.165, 1.54) is 7.11 Å². The second kappa shape index (κ2) is 6.86. The first kappa shape index (κ1) is 14.3. The number of hydrogen-bond acceptors (Lipinski definition) is 5. The van der Waals surface area contributed by atoms with Crippen molar-refractivity contribution in [1.29, 1.82) is 0 Å². The lowest BCUT2D eigenvalue weighted by Crippen LogP contribution is -2.20. The lowest BCUT2D eigenvalue weighted by molar-refractivity contribution is 0.0597. The van der Waals surface area contributed by atoms with Gasteiger partial charge >= 0.3 is 5.97 Å². The van der Waals surface area contributed by atoms with Gasteiger partial charge in [0.2, 0.25) is 0 Å². The van der Waals surface area contributed by atoms with Crippen LogP contribution >= 0.6 is 0 Å². The first-order valence-corrected chi connectivity index (χ1v) is 5.81. The Bertz CT molecular complexity index is 406. The average molecular weight is 253 g/mol. The van der Waals surface area contributed by atoms with Gasteiger partial charge in [-0.05, 0) is 26.0 Å². The van der Waals surface area contributed by atoms with Crippen LogP contribution in [-0.2, 0) is 9.47 Å². The van der Waals surface area contributed by atoms with Crippen LogP contribution in [0.15, 0.2) is 18.2 Å². The van der Waals surface area contributed by atoms with E-state index in [1.807, 2.05) is 13.8 Å². The van der Waals surface area contributed by atoms with Gasteiger partial charge in [0.25, 0.3) is 0 Å². The topological polar surface area (TPSA) is 70.8 Å². The van der Waals surface area contributed by atoms with E-state index in [9.17, 15) is 4.79 Å². The predicted molar refractivity (Wildman–Crippen MR) is 68.8 cm³/mol. The summed E-state index contributed by atoms with van der Waals surface area (Å²) in [5, 5.41) is 0. The summed E-state index contributed by atoms with van der Waals surface area (Å²) < 4.78 is 15.5. The van der Waals surface area contributed by atoms with Crippen LogP contribution < -0.4 is 10.5 Å². The van der Waals surface area contributed by atoms with E-state index in [4.69, 9.17) is 15.2 Å². The molecule has 0 saturated heterocycles. The summed E-state index contributed by atoms with van der Waals surface area (Å²) in [4.78, 5) is 11.5. The number of rotatable bonds is 6. The first-order chi connectivity index (χ1) is 8.60. The number of nitrogen functional groups attached to an aromatic ring is 1. The molecular weight excluding hydrogens is 234 g/mol. The van der Waals surface area contributed by atoms with Crippen LogP contribution in [0.25, 0.3) is 0 Å². The van der Waals surface area contributed by atoms with Gasteiger partial charge in [0.1, 0.15) is 11.9 Å². The number of ether oxygens (including phenoxy) is 3. The Kier molecular flexibility index (Phi) is 5.45. The predicted octanol–water partition coefficient (Wildman–Crippen LogP) is 1.86. The summed E-state index contributed by atoms with van der Waals surface area (Å²) >= 11 is 0. The zero-order chi connectivity index (χ0) is 13.5. The SMILES string of the molecule is CCOCC(C)Oc1cccc(C(=O)OC)c1N. The Morgan fingerprint density at radius 1 is 1.44 bits per heavy atom. The van der Waals surface area contributed by atoms with Crippen LogP contribution in [0, 0.1) is 0 Å². The molecule has 2 N–H and O–H groups in total. The molecule has 0 aliphatic heterocycles. The molecule has 1 rings (SSSR count). The lowest BCUT2D eigenvalue weighted by Gasteiger charge is -2.17. The maximum Gasteiger partial charge on any atom is 0.340 e. The molecule has 1 aromatic carbocycles. The fraction of sp³-hybridized carbons (Fsp3) is 0.462. The number of esters is 1. The number of carbonyl (C=O) groups excluding carboxylic acids is 1. The van der Waals surface area contributed by atoms with Crippen molar-refractivity contribution in [2.24, 2.45) is 0 Å². The largest absolute Gasteiger partial charge is 0.486 e. The van der Waals surface area contributed by atoms with E-state index in [1.54, 1.807) is 18.2 Å². The molecule has 0 aromatic heterocycles. The van der Waals surface area contributed by atoms with Crippen LogP contribution in [0.1, 0.15) is 24.2 Å². The summed E-state index contributed by atoms with van der Waals surface area (Å²) in [6.45, 7) is 4.89. The molecule has 1 aromatic rings. The van der Waals surface area contributed by atoms with Crippen LogP contribution in [0.2, 0.25) is 0 Å². The van der Waals surface area contributed by atoms with Crippen LogP contribution in [0.4, 0.5) is 5.69 Å². The molecule has 0 saturated carbocycles. The highest BCUT2D eigenvalue weighted by Gasteiger charge is 2.15. The van der Waals surface area contributed by atoms with Crippen molar-refractivity contribution >= 4 is 11.7 Å². The molecule has 1 atom stereocenters. The van der Waals surface area contributed by atoms with Crippen LogP contribution in [-0.4, -0.2) is 32.4 Å². The maximum atomic E-state index is 11.5. The van der Waals surface area contributed by atoms with Gasteiger partial charge in [0.05, 0.1) is 25.0 Å². The van der Waals surface area contributed by atoms with Crippen molar-refractivity contribution in [3.05, 3.63) is 23.8 Å². The number of methoxy groups -OCH3 is 1. The summed E-state index contributed by atoms with van der Waals surface area (Å²) in [6.07, 6.45) is -0.139. The monoisotopic (exact) mass is 253 g/mol. The fourth-order valence-corrected chi connectivity index (χ4v) is 1.47. The zero-order valence-electron chi connectivity index (χ0n) is 10.9.